The smallest absolute Gasteiger partial charge is 0.347 e. The predicted octanol–water partition coefficient (Wildman–Crippen LogP) is 3.19. The predicted molar refractivity (Wildman–Crippen MR) is 107 cm³/mol. The van der Waals surface area contributed by atoms with E-state index in [9.17, 15) is 19.5 Å². The minimum absolute atomic E-state index is 0.0983. The van der Waals surface area contributed by atoms with Gasteiger partial charge in [0.05, 0.1) is 24.1 Å². The quantitative estimate of drug-likeness (QED) is 0.262. The topological polar surface area (TPSA) is 93.1 Å². The molecular weight excluding hydrogens is 410 g/mol. The Kier molecular flexibility index (Phi) is 3.98. The molecule has 3 aliphatic heterocycles. The van der Waals surface area contributed by atoms with E-state index >= 15 is 0 Å². The van der Waals surface area contributed by atoms with E-state index in [1.54, 1.807) is 30.3 Å². The molecule has 1 unspecified atom stereocenters. The number of rotatable bonds is 2. The summed E-state index contributed by atoms with van der Waals surface area (Å²) in [5.74, 6) is -3.19. The Labute approximate surface area is 175 Å². The third-order valence-corrected chi connectivity index (χ3v) is 5.68. The number of aliphatic hydroxyl groups excluding tert-OH is 1. The monoisotopic (exact) mass is 423 g/mol. The number of fused-ring (bicyclic) bond motifs is 3. The molecule has 1 fully saturated rings. The molecule has 8 heteroatoms. The van der Waals surface area contributed by atoms with Crippen LogP contribution in [0.2, 0.25) is 5.02 Å². The Bertz CT molecular complexity index is 1190. The molecule has 3 heterocycles. The van der Waals surface area contributed by atoms with E-state index in [1.807, 2.05) is 0 Å². The Morgan fingerprint density at radius 2 is 1.87 bits per heavy atom. The van der Waals surface area contributed by atoms with Crippen molar-refractivity contribution in [1.29, 1.82) is 0 Å². The summed E-state index contributed by atoms with van der Waals surface area (Å²) in [7, 11) is 0. The van der Waals surface area contributed by atoms with Crippen LogP contribution in [0, 0.1) is 0 Å². The number of carbonyl (C=O) groups excluding carboxylic acids is 3. The van der Waals surface area contributed by atoms with Gasteiger partial charge in [-0.15, -0.1) is 0 Å². The number of carbonyl (C=O) groups is 3. The maximum absolute atomic E-state index is 13.4. The van der Waals surface area contributed by atoms with Gasteiger partial charge in [-0.2, -0.15) is 0 Å². The second-order valence-electron chi connectivity index (χ2n) is 7.04. The number of hydrogen-bond donors (Lipinski definition) is 1. The number of esters is 1. The van der Waals surface area contributed by atoms with Crippen molar-refractivity contribution in [1.82, 2.24) is 0 Å². The number of hydrogen-bond acceptors (Lipinski definition) is 6. The first-order valence-corrected chi connectivity index (χ1v) is 9.55. The third-order valence-electron chi connectivity index (χ3n) is 5.45. The fourth-order valence-corrected chi connectivity index (χ4v) is 4.32. The van der Waals surface area contributed by atoms with Crippen LogP contribution in [0.4, 0.5) is 5.69 Å². The lowest BCUT2D eigenvalue weighted by Gasteiger charge is -2.40. The van der Waals surface area contributed by atoms with Gasteiger partial charge in [0.15, 0.2) is 5.75 Å². The van der Waals surface area contributed by atoms with Crippen molar-refractivity contribution in [3.63, 3.8) is 0 Å². The van der Waals surface area contributed by atoms with Gasteiger partial charge in [0.25, 0.3) is 5.78 Å². The molecule has 1 atom stereocenters. The Morgan fingerprint density at radius 1 is 1.10 bits per heavy atom. The number of anilines is 1. The Hall–Kier alpha value is -3.58. The van der Waals surface area contributed by atoms with Crippen molar-refractivity contribution in [3.8, 4) is 5.75 Å². The minimum Gasteiger partial charge on any atom is -0.507 e. The van der Waals surface area contributed by atoms with Crippen LogP contribution in [-0.4, -0.2) is 34.9 Å². The summed E-state index contributed by atoms with van der Waals surface area (Å²) in [5.41, 5.74) is -1.52. The van der Waals surface area contributed by atoms with Crippen LogP contribution in [0.3, 0.4) is 0 Å². The van der Waals surface area contributed by atoms with Crippen molar-refractivity contribution in [2.24, 2.45) is 0 Å². The van der Waals surface area contributed by atoms with Crippen LogP contribution in [0.15, 0.2) is 65.9 Å². The normalized spacial score (nSPS) is 24.1. The molecule has 0 bridgehead atoms. The van der Waals surface area contributed by atoms with Crippen LogP contribution < -0.4 is 9.64 Å². The van der Waals surface area contributed by atoms with Crippen LogP contribution in [0.5, 0.6) is 5.75 Å². The Morgan fingerprint density at radius 3 is 2.57 bits per heavy atom. The lowest BCUT2D eigenvalue weighted by Crippen LogP contribution is -2.59. The molecule has 0 radical (unpaired) electrons. The van der Waals surface area contributed by atoms with Gasteiger partial charge in [0, 0.05) is 22.6 Å². The average Bonchev–Trinajstić information content (AvgIpc) is 3.36. The van der Waals surface area contributed by atoms with E-state index in [0.29, 0.717) is 16.2 Å². The maximum Gasteiger partial charge on any atom is 0.347 e. The second kappa shape index (κ2) is 6.47. The molecule has 1 saturated heterocycles. The summed E-state index contributed by atoms with van der Waals surface area (Å²) in [6.07, 6.45) is 1.61. The first kappa shape index (κ1) is 18.4. The van der Waals surface area contributed by atoms with Gasteiger partial charge in [-0.25, -0.2) is 4.79 Å². The third kappa shape index (κ3) is 2.29. The number of benzene rings is 2. The standard InChI is InChI=1S/C22H14ClNO6/c23-14-6-7-16-15(10-14)24-20(27)19(26)17(18(25)12-4-2-1-3-5-12)22(24,21(28)30-16)13-8-9-29-11-13/h1-7,10-11,25H,8-9H2/b18-17-. The summed E-state index contributed by atoms with van der Waals surface area (Å²) in [6, 6.07) is 12.7. The van der Waals surface area contributed by atoms with Crippen molar-refractivity contribution >= 4 is 40.7 Å². The Balaban J connectivity index is 1.87. The number of nitrogens with zero attached hydrogens (tertiary/aromatic N) is 1. The van der Waals surface area contributed by atoms with Crippen molar-refractivity contribution in [3.05, 3.63) is 76.5 Å². The molecule has 1 amide bonds. The molecule has 0 saturated carbocycles. The minimum atomic E-state index is -1.97. The molecule has 30 heavy (non-hydrogen) atoms. The molecule has 0 aromatic heterocycles. The lowest BCUT2D eigenvalue weighted by molar-refractivity contribution is -0.139. The van der Waals surface area contributed by atoms with Crippen molar-refractivity contribution in [2.75, 3.05) is 11.5 Å². The highest BCUT2D eigenvalue weighted by Crippen LogP contribution is 2.52. The summed E-state index contributed by atoms with van der Waals surface area (Å²) >= 11 is 6.12. The zero-order valence-corrected chi connectivity index (χ0v) is 16.2. The highest BCUT2D eigenvalue weighted by molar-refractivity contribution is 6.55. The van der Waals surface area contributed by atoms with E-state index in [1.165, 1.54) is 24.5 Å². The van der Waals surface area contributed by atoms with Crippen LogP contribution in [0.1, 0.15) is 12.0 Å². The highest BCUT2D eigenvalue weighted by atomic mass is 35.5. The first-order chi connectivity index (χ1) is 14.5. The zero-order valence-electron chi connectivity index (χ0n) is 15.4. The van der Waals surface area contributed by atoms with Crippen LogP contribution in [-0.2, 0) is 19.1 Å². The van der Waals surface area contributed by atoms with Gasteiger partial charge in [-0.05, 0) is 18.2 Å². The number of aliphatic hydroxyl groups is 1. The number of halogens is 1. The summed E-state index contributed by atoms with van der Waals surface area (Å²) in [4.78, 5) is 40.8. The molecule has 0 aliphatic carbocycles. The van der Waals surface area contributed by atoms with Crippen molar-refractivity contribution < 1.29 is 29.0 Å². The lowest BCUT2D eigenvalue weighted by atomic mass is 9.79. The van der Waals surface area contributed by atoms with Crippen LogP contribution >= 0.6 is 11.6 Å². The molecular formula is C22H14ClNO6. The molecule has 7 nitrogen and oxygen atoms in total. The maximum atomic E-state index is 13.4. The van der Waals surface area contributed by atoms with E-state index < -0.39 is 29.0 Å². The zero-order chi connectivity index (χ0) is 21.0. The summed E-state index contributed by atoms with van der Waals surface area (Å²) < 4.78 is 10.9. The van der Waals surface area contributed by atoms with E-state index in [-0.39, 0.29) is 30.0 Å². The van der Waals surface area contributed by atoms with Gasteiger partial charge >= 0.3 is 11.9 Å². The molecule has 150 valence electrons. The number of Topliss-reactive ketones (excluding diaryl/α,β-unsaturated/α-hetero) is 1. The molecule has 2 aromatic carbocycles. The highest BCUT2D eigenvalue weighted by Gasteiger charge is 2.67. The fraction of sp³-hybridized carbons (Fsp3) is 0.136. The number of ketones is 1. The van der Waals surface area contributed by atoms with E-state index in [4.69, 9.17) is 21.1 Å². The van der Waals surface area contributed by atoms with Gasteiger partial charge in [-0.1, -0.05) is 41.9 Å². The first-order valence-electron chi connectivity index (χ1n) is 9.17. The molecule has 0 spiro atoms. The molecule has 2 aromatic rings. The average molecular weight is 424 g/mol. The number of ether oxygens (including phenoxy) is 2. The SMILES string of the molecule is O=C1C(=O)N2c3cc(Cl)ccc3OC(=O)C2(C2=COCC2)/C1=C(\O)c1ccccc1. The van der Waals surface area contributed by atoms with Crippen molar-refractivity contribution in [2.45, 2.75) is 12.0 Å². The summed E-state index contributed by atoms with van der Waals surface area (Å²) in [5, 5.41) is 11.4. The van der Waals surface area contributed by atoms with Gasteiger partial charge in [0.2, 0.25) is 5.54 Å². The van der Waals surface area contributed by atoms with Gasteiger partial charge in [-0.3, -0.25) is 14.5 Å². The second-order valence-corrected chi connectivity index (χ2v) is 7.47. The number of amides is 1. The summed E-state index contributed by atoms with van der Waals surface area (Å²) in [6.45, 7) is 0.266. The molecule has 5 rings (SSSR count). The van der Waals surface area contributed by atoms with Gasteiger partial charge in [0.1, 0.15) is 5.76 Å². The van der Waals surface area contributed by atoms with Crippen LogP contribution in [0.25, 0.3) is 5.76 Å². The fourth-order valence-electron chi connectivity index (χ4n) is 4.15. The van der Waals surface area contributed by atoms with E-state index in [2.05, 4.69) is 0 Å². The largest absolute Gasteiger partial charge is 0.507 e. The molecule has 3 aliphatic rings. The molecule has 1 N–H and O–H groups in total. The van der Waals surface area contributed by atoms with Gasteiger partial charge < -0.3 is 14.6 Å². The van der Waals surface area contributed by atoms with E-state index in [0.717, 1.165) is 4.90 Å².